The Morgan fingerprint density at radius 2 is 1.76 bits per heavy atom. The van der Waals surface area contributed by atoms with Gasteiger partial charge in [0.05, 0.1) is 0 Å². The monoisotopic (exact) mass is 345 g/mol. The lowest BCUT2D eigenvalue weighted by atomic mass is 9.81. The molecule has 1 aliphatic carbocycles. The normalized spacial score (nSPS) is 16.1. The van der Waals surface area contributed by atoms with Crippen molar-refractivity contribution in [2.45, 2.75) is 91.7 Å². The number of amides is 1. The number of carbonyl (C=O) groups excluding carboxylic acids is 1. The summed E-state index contributed by atoms with van der Waals surface area (Å²) in [6, 6.07) is 6.31. The quantitative estimate of drug-likeness (QED) is 0.783. The van der Waals surface area contributed by atoms with Crippen molar-refractivity contribution in [3.05, 3.63) is 29.3 Å². The van der Waals surface area contributed by atoms with Crippen molar-refractivity contribution in [2.24, 2.45) is 5.41 Å². The summed E-state index contributed by atoms with van der Waals surface area (Å²) in [5, 5.41) is 3.18. The van der Waals surface area contributed by atoms with E-state index in [1.54, 1.807) is 0 Å². The van der Waals surface area contributed by atoms with E-state index in [1.807, 2.05) is 13.0 Å². The molecule has 0 aliphatic heterocycles. The van der Waals surface area contributed by atoms with E-state index in [1.165, 1.54) is 24.0 Å². The van der Waals surface area contributed by atoms with E-state index in [9.17, 15) is 4.79 Å². The molecule has 1 aromatic rings. The molecule has 3 heteroatoms. The van der Waals surface area contributed by atoms with Crippen LogP contribution in [0.4, 0.5) is 0 Å². The van der Waals surface area contributed by atoms with Crippen LogP contribution >= 0.6 is 0 Å². The zero-order chi connectivity index (χ0) is 18.7. The molecule has 0 bridgehead atoms. The molecular formula is C22H35NO2. The summed E-state index contributed by atoms with van der Waals surface area (Å²) < 4.78 is 6.06. The van der Waals surface area contributed by atoms with E-state index in [4.69, 9.17) is 4.74 Å². The zero-order valence-corrected chi connectivity index (χ0v) is 16.9. The fraction of sp³-hybridized carbons (Fsp3) is 0.682. The summed E-state index contributed by atoms with van der Waals surface area (Å²) in [6.07, 6.45) is 5.93. The molecule has 2 rings (SSSR count). The molecular weight excluding hydrogens is 310 g/mol. The van der Waals surface area contributed by atoms with Gasteiger partial charge in [0.25, 0.3) is 5.91 Å². The number of aryl methyl sites for hydroxylation is 2. The number of fused-ring (bicyclic) bond motifs is 1. The molecule has 0 saturated heterocycles. The molecule has 0 heterocycles. The fourth-order valence-electron chi connectivity index (χ4n) is 4.05. The maximum Gasteiger partial charge on any atom is 0.261 e. The highest BCUT2D eigenvalue weighted by atomic mass is 16.5. The number of rotatable bonds is 6. The molecule has 1 amide bonds. The lowest BCUT2D eigenvalue weighted by Crippen LogP contribution is -2.50. The van der Waals surface area contributed by atoms with E-state index >= 15 is 0 Å². The summed E-state index contributed by atoms with van der Waals surface area (Å²) in [5.41, 5.74) is 2.73. The van der Waals surface area contributed by atoms with Gasteiger partial charge in [-0.05, 0) is 81.0 Å². The third kappa shape index (κ3) is 6.05. The van der Waals surface area contributed by atoms with Gasteiger partial charge in [0.1, 0.15) is 5.75 Å². The Kier molecular flexibility index (Phi) is 6.18. The van der Waals surface area contributed by atoms with Crippen molar-refractivity contribution in [3.63, 3.8) is 0 Å². The molecule has 0 saturated carbocycles. The van der Waals surface area contributed by atoms with Crippen LogP contribution in [-0.2, 0) is 17.6 Å². The maximum absolute atomic E-state index is 12.7. The number of nitrogens with one attached hydrogen (secondary N) is 1. The largest absolute Gasteiger partial charge is 0.481 e. The van der Waals surface area contributed by atoms with Gasteiger partial charge >= 0.3 is 0 Å². The third-order valence-electron chi connectivity index (χ3n) is 4.70. The van der Waals surface area contributed by atoms with Gasteiger partial charge in [0, 0.05) is 5.54 Å². The molecule has 0 aromatic heterocycles. The van der Waals surface area contributed by atoms with E-state index in [0.29, 0.717) is 6.42 Å². The van der Waals surface area contributed by atoms with Crippen LogP contribution in [0.5, 0.6) is 5.75 Å². The fourth-order valence-corrected chi connectivity index (χ4v) is 4.05. The Bertz CT molecular complexity index is 599. The minimum absolute atomic E-state index is 0.0190. The highest BCUT2D eigenvalue weighted by Gasteiger charge is 2.30. The van der Waals surface area contributed by atoms with E-state index in [-0.39, 0.29) is 16.9 Å². The smallest absolute Gasteiger partial charge is 0.261 e. The van der Waals surface area contributed by atoms with Gasteiger partial charge < -0.3 is 10.1 Å². The Labute approximate surface area is 153 Å². The predicted molar refractivity (Wildman–Crippen MR) is 104 cm³/mol. The number of carbonyl (C=O) groups is 1. The van der Waals surface area contributed by atoms with Crippen molar-refractivity contribution >= 4 is 5.91 Å². The van der Waals surface area contributed by atoms with Gasteiger partial charge in [-0.2, -0.15) is 0 Å². The summed E-state index contributed by atoms with van der Waals surface area (Å²) >= 11 is 0. The summed E-state index contributed by atoms with van der Waals surface area (Å²) in [5.74, 6) is 0.797. The molecule has 1 atom stereocenters. The number of benzene rings is 1. The number of ether oxygens (including phenoxy) is 1. The standard InChI is InChI=1S/C22H35NO2/c1-7-19(20(24)23-22(5,6)15-21(2,3)4)25-18-13-12-16-10-8-9-11-17(16)14-18/h12-14,19H,7-11,15H2,1-6H3,(H,23,24)/t19-/m1/s1. The lowest BCUT2D eigenvalue weighted by molar-refractivity contribution is -0.130. The van der Waals surface area contributed by atoms with E-state index in [0.717, 1.165) is 25.0 Å². The Balaban J connectivity index is 2.03. The van der Waals surface area contributed by atoms with Gasteiger partial charge in [0.15, 0.2) is 6.10 Å². The molecule has 1 aromatic carbocycles. The average Bonchev–Trinajstić information content (AvgIpc) is 2.49. The molecule has 25 heavy (non-hydrogen) atoms. The lowest BCUT2D eigenvalue weighted by Gasteiger charge is -2.34. The molecule has 0 fully saturated rings. The minimum atomic E-state index is -0.444. The van der Waals surface area contributed by atoms with Gasteiger partial charge in [-0.25, -0.2) is 0 Å². The molecule has 0 spiro atoms. The number of hydrogen-bond acceptors (Lipinski definition) is 2. The van der Waals surface area contributed by atoms with Crippen molar-refractivity contribution < 1.29 is 9.53 Å². The van der Waals surface area contributed by atoms with Crippen LogP contribution in [0.25, 0.3) is 0 Å². The Morgan fingerprint density at radius 3 is 2.36 bits per heavy atom. The topological polar surface area (TPSA) is 38.3 Å². The first-order valence-corrected chi connectivity index (χ1v) is 9.70. The molecule has 3 nitrogen and oxygen atoms in total. The van der Waals surface area contributed by atoms with Crippen molar-refractivity contribution in [1.82, 2.24) is 5.32 Å². The summed E-state index contributed by atoms with van der Waals surface area (Å²) in [6.45, 7) is 12.8. The predicted octanol–water partition coefficient (Wildman–Crippen LogP) is 5.05. The third-order valence-corrected chi connectivity index (χ3v) is 4.70. The van der Waals surface area contributed by atoms with Gasteiger partial charge in [-0.1, -0.05) is 33.8 Å². The second kappa shape index (κ2) is 7.80. The minimum Gasteiger partial charge on any atom is -0.481 e. The summed E-state index contributed by atoms with van der Waals surface area (Å²) in [4.78, 5) is 12.7. The zero-order valence-electron chi connectivity index (χ0n) is 16.9. The Hall–Kier alpha value is -1.51. The average molecular weight is 346 g/mol. The molecule has 0 unspecified atom stereocenters. The van der Waals surface area contributed by atoms with Crippen LogP contribution in [0.2, 0.25) is 0 Å². The molecule has 1 aliphatic rings. The highest BCUT2D eigenvalue weighted by Crippen LogP contribution is 2.28. The Morgan fingerprint density at radius 1 is 1.12 bits per heavy atom. The van der Waals surface area contributed by atoms with Crippen molar-refractivity contribution in [1.29, 1.82) is 0 Å². The van der Waals surface area contributed by atoms with E-state index in [2.05, 4.69) is 52.1 Å². The van der Waals surface area contributed by atoms with Crippen LogP contribution < -0.4 is 10.1 Å². The first-order valence-electron chi connectivity index (χ1n) is 9.70. The van der Waals surface area contributed by atoms with Crippen LogP contribution in [0.15, 0.2) is 18.2 Å². The van der Waals surface area contributed by atoms with Crippen molar-refractivity contribution in [3.8, 4) is 5.75 Å². The SMILES string of the molecule is CC[C@@H](Oc1ccc2c(c1)CCCC2)C(=O)NC(C)(C)CC(C)(C)C. The van der Waals surface area contributed by atoms with Crippen LogP contribution in [-0.4, -0.2) is 17.6 Å². The molecule has 1 N–H and O–H groups in total. The van der Waals surface area contributed by atoms with Crippen LogP contribution in [0, 0.1) is 5.41 Å². The van der Waals surface area contributed by atoms with Gasteiger partial charge in [0.2, 0.25) is 0 Å². The maximum atomic E-state index is 12.7. The van der Waals surface area contributed by atoms with Gasteiger partial charge in [-0.3, -0.25) is 4.79 Å². The first kappa shape index (κ1) is 19.8. The number of hydrogen-bond donors (Lipinski definition) is 1. The van der Waals surface area contributed by atoms with E-state index < -0.39 is 6.10 Å². The molecule has 0 radical (unpaired) electrons. The van der Waals surface area contributed by atoms with Gasteiger partial charge in [-0.15, -0.1) is 0 Å². The molecule has 140 valence electrons. The highest BCUT2D eigenvalue weighted by molar-refractivity contribution is 5.81. The summed E-state index contributed by atoms with van der Waals surface area (Å²) in [7, 11) is 0. The second-order valence-corrected chi connectivity index (χ2v) is 9.26. The van der Waals surface area contributed by atoms with Crippen LogP contribution in [0.3, 0.4) is 0 Å². The van der Waals surface area contributed by atoms with Crippen LogP contribution in [0.1, 0.15) is 78.4 Å². The van der Waals surface area contributed by atoms with Crippen molar-refractivity contribution in [2.75, 3.05) is 0 Å². The second-order valence-electron chi connectivity index (χ2n) is 9.26. The first-order chi connectivity index (χ1) is 11.6.